The molecule has 0 aliphatic rings. The van der Waals surface area contributed by atoms with Crippen molar-refractivity contribution in [3.05, 3.63) is 58.4 Å². The lowest BCUT2D eigenvalue weighted by Gasteiger charge is -2.21. The molecule has 0 radical (unpaired) electrons. The van der Waals surface area contributed by atoms with E-state index in [9.17, 15) is 4.39 Å². The van der Waals surface area contributed by atoms with Gasteiger partial charge in [-0.2, -0.15) is 0 Å². The summed E-state index contributed by atoms with van der Waals surface area (Å²) in [5.74, 6) is 0.913. The molecule has 0 aromatic heterocycles. The second-order valence-electron chi connectivity index (χ2n) is 6.61. The highest BCUT2D eigenvalue weighted by Crippen LogP contribution is 2.30. The van der Waals surface area contributed by atoms with E-state index in [1.807, 2.05) is 18.2 Å². The highest BCUT2D eigenvalue weighted by atomic mass is 35.5. The number of hydrogen-bond donors (Lipinski definition) is 1. The maximum absolute atomic E-state index is 13.1. The minimum Gasteiger partial charge on any atom is -0.493 e. The summed E-state index contributed by atoms with van der Waals surface area (Å²) in [5, 5.41) is 3.78. The second-order valence-corrected chi connectivity index (χ2v) is 7.02. The summed E-state index contributed by atoms with van der Waals surface area (Å²) in [6, 6.07) is 10.1. The largest absolute Gasteiger partial charge is 0.493 e. The standard InChI is InChI=1S/C19H23ClFNO2/c1-19(2,3)22-11-13-5-8-17(18(9-13)23-4)24-12-14-6-7-15(21)10-16(14)20/h5-10,22H,11-12H2,1-4H3. The summed E-state index contributed by atoms with van der Waals surface area (Å²) in [7, 11) is 1.61. The van der Waals surface area contributed by atoms with Gasteiger partial charge in [-0.3, -0.25) is 0 Å². The molecule has 0 atom stereocenters. The molecule has 0 heterocycles. The molecule has 3 nitrogen and oxygen atoms in total. The van der Waals surface area contributed by atoms with Crippen LogP contribution in [0.1, 0.15) is 31.9 Å². The first-order chi connectivity index (χ1) is 11.3. The molecule has 24 heavy (non-hydrogen) atoms. The third-order valence-corrected chi connectivity index (χ3v) is 3.80. The number of rotatable bonds is 6. The van der Waals surface area contributed by atoms with Gasteiger partial charge in [-0.1, -0.05) is 23.7 Å². The van der Waals surface area contributed by atoms with Crippen LogP contribution in [-0.2, 0) is 13.2 Å². The summed E-state index contributed by atoms with van der Waals surface area (Å²) in [4.78, 5) is 0. The SMILES string of the molecule is COc1cc(CNC(C)(C)C)ccc1OCc1ccc(F)cc1Cl. The zero-order chi connectivity index (χ0) is 17.7. The number of benzene rings is 2. The van der Waals surface area contributed by atoms with Crippen molar-refractivity contribution in [3.63, 3.8) is 0 Å². The molecule has 1 N–H and O–H groups in total. The van der Waals surface area contributed by atoms with Gasteiger partial charge in [0.2, 0.25) is 0 Å². The maximum Gasteiger partial charge on any atom is 0.161 e. The average molecular weight is 352 g/mol. The van der Waals surface area contributed by atoms with Crippen molar-refractivity contribution in [3.8, 4) is 11.5 Å². The highest BCUT2D eigenvalue weighted by Gasteiger charge is 2.11. The normalized spacial score (nSPS) is 11.4. The van der Waals surface area contributed by atoms with Crippen LogP contribution in [0.2, 0.25) is 5.02 Å². The molecular formula is C19H23ClFNO2. The van der Waals surface area contributed by atoms with Crippen LogP contribution < -0.4 is 14.8 Å². The zero-order valence-corrected chi connectivity index (χ0v) is 15.2. The number of nitrogens with one attached hydrogen (secondary N) is 1. The first-order valence-electron chi connectivity index (χ1n) is 7.77. The van der Waals surface area contributed by atoms with E-state index < -0.39 is 0 Å². The van der Waals surface area contributed by atoms with Gasteiger partial charge >= 0.3 is 0 Å². The van der Waals surface area contributed by atoms with Crippen LogP contribution in [0, 0.1) is 5.82 Å². The molecule has 130 valence electrons. The fourth-order valence-corrected chi connectivity index (χ4v) is 2.32. The van der Waals surface area contributed by atoms with Crippen LogP contribution in [0.5, 0.6) is 11.5 Å². The molecule has 2 aromatic carbocycles. The van der Waals surface area contributed by atoms with Crippen LogP contribution in [0.25, 0.3) is 0 Å². The van der Waals surface area contributed by atoms with Crippen LogP contribution in [0.15, 0.2) is 36.4 Å². The lowest BCUT2D eigenvalue weighted by atomic mass is 10.1. The van der Waals surface area contributed by atoms with Crippen molar-refractivity contribution in [2.45, 2.75) is 39.5 Å². The van der Waals surface area contributed by atoms with E-state index in [1.165, 1.54) is 12.1 Å². The molecule has 0 amide bonds. The van der Waals surface area contributed by atoms with Gasteiger partial charge in [0.25, 0.3) is 0 Å². The van der Waals surface area contributed by atoms with Crippen molar-refractivity contribution >= 4 is 11.6 Å². The first kappa shape index (κ1) is 18.6. The molecule has 2 aromatic rings. The van der Waals surface area contributed by atoms with Gasteiger partial charge < -0.3 is 14.8 Å². The van der Waals surface area contributed by atoms with Gasteiger partial charge in [-0.25, -0.2) is 4.39 Å². The van der Waals surface area contributed by atoms with Crippen molar-refractivity contribution in [2.75, 3.05) is 7.11 Å². The van der Waals surface area contributed by atoms with E-state index in [-0.39, 0.29) is 18.0 Å². The predicted octanol–water partition coefficient (Wildman–Crippen LogP) is 4.95. The van der Waals surface area contributed by atoms with Gasteiger partial charge in [0.1, 0.15) is 12.4 Å². The third-order valence-electron chi connectivity index (χ3n) is 3.45. The lowest BCUT2D eigenvalue weighted by Crippen LogP contribution is -2.35. The number of halogens is 2. The topological polar surface area (TPSA) is 30.5 Å². The number of hydrogen-bond acceptors (Lipinski definition) is 3. The van der Waals surface area contributed by atoms with E-state index in [0.717, 1.165) is 17.7 Å². The molecule has 0 spiro atoms. The number of ether oxygens (including phenoxy) is 2. The van der Waals surface area contributed by atoms with Crippen molar-refractivity contribution < 1.29 is 13.9 Å². The van der Waals surface area contributed by atoms with Gasteiger partial charge in [-0.15, -0.1) is 0 Å². The molecule has 0 unspecified atom stereocenters. The molecule has 0 saturated heterocycles. The lowest BCUT2D eigenvalue weighted by molar-refractivity contribution is 0.284. The van der Waals surface area contributed by atoms with Crippen LogP contribution in [0.3, 0.4) is 0 Å². The van der Waals surface area contributed by atoms with Crippen molar-refractivity contribution in [2.24, 2.45) is 0 Å². The van der Waals surface area contributed by atoms with E-state index in [1.54, 1.807) is 13.2 Å². The van der Waals surface area contributed by atoms with Gasteiger partial charge in [0, 0.05) is 17.6 Å². The average Bonchev–Trinajstić information content (AvgIpc) is 2.51. The Morgan fingerprint density at radius 3 is 2.46 bits per heavy atom. The smallest absolute Gasteiger partial charge is 0.161 e. The molecule has 0 aliphatic heterocycles. The van der Waals surface area contributed by atoms with Crippen molar-refractivity contribution in [1.29, 1.82) is 0 Å². The minimum atomic E-state index is -0.364. The van der Waals surface area contributed by atoms with Crippen LogP contribution in [-0.4, -0.2) is 12.6 Å². The minimum absolute atomic E-state index is 0.0434. The monoisotopic (exact) mass is 351 g/mol. The fraction of sp³-hybridized carbons (Fsp3) is 0.368. The Hall–Kier alpha value is -1.78. The Bertz CT molecular complexity index is 698. The highest BCUT2D eigenvalue weighted by molar-refractivity contribution is 6.31. The Labute approximate surface area is 147 Å². The summed E-state index contributed by atoms with van der Waals surface area (Å²) in [6.07, 6.45) is 0. The Morgan fingerprint density at radius 1 is 1.08 bits per heavy atom. The fourth-order valence-electron chi connectivity index (χ4n) is 2.10. The van der Waals surface area contributed by atoms with Gasteiger partial charge in [0.15, 0.2) is 11.5 Å². The maximum atomic E-state index is 13.1. The van der Waals surface area contributed by atoms with E-state index in [0.29, 0.717) is 16.5 Å². The quantitative estimate of drug-likeness (QED) is 0.798. The van der Waals surface area contributed by atoms with Gasteiger partial charge in [0.05, 0.1) is 12.1 Å². The molecular weight excluding hydrogens is 329 g/mol. The third kappa shape index (κ3) is 5.39. The number of methoxy groups -OCH3 is 1. The summed E-state index contributed by atoms with van der Waals surface area (Å²) in [5.41, 5.74) is 1.87. The molecule has 0 saturated carbocycles. The Morgan fingerprint density at radius 2 is 1.83 bits per heavy atom. The summed E-state index contributed by atoms with van der Waals surface area (Å²) < 4.78 is 24.3. The molecule has 0 fully saturated rings. The van der Waals surface area contributed by atoms with Crippen LogP contribution in [0.4, 0.5) is 4.39 Å². The molecule has 0 bridgehead atoms. The van der Waals surface area contributed by atoms with E-state index in [4.69, 9.17) is 21.1 Å². The van der Waals surface area contributed by atoms with Gasteiger partial charge in [-0.05, 0) is 50.6 Å². The summed E-state index contributed by atoms with van der Waals surface area (Å²) in [6.45, 7) is 7.34. The molecule has 5 heteroatoms. The van der Waals surface area contributed by atoms with E-state index in [2.05, 4.69) is 26.1 Å². The Balaban J connectivity index is 2.07. The second kappa shape index (κ2) is 7.86. The van der Waals surface area contributed by atoms with E-state index >= 15 is 0 Å². The van der Waals surface area contributed by atoms with Crippen LogP contribution >= 0.6 is 11.6 Å². The van der Waals surface area contributed by atoms with Crippen molar-refractivity contribution in [1.82, 2.24) is 5.32 Å². The molecule has 2 rings (SSSR count). The first-order valence-corrected chi connectivity index (χ1v) is 8.15. The Kier molecular flexibility index (Phi) is 6.08. The predicted molar refractivity (Wildman–Crippen MR) is 95.3 cm³/mol. The molecule has 0 aliphatic carbocycles. The summed E-state index contributed by atoms with van der Waals surface area (Å²) >= 11 is 6.02. The zero-order valence-electron chi connectivity index (χ0n) is 14.5.